The van der Waals surface area contributed by atoms with Gasteiger partial charge in [-0.1, -0.05) is 38.1 Å². The van der Waals surface area contributed by atoms with Crippen molar-refractivity contribution in [3.05, 3.63) is 35.4 Å². The minimum atomic E-state index is 0.335. The summed E-state index contributed by atoms with van der Waals surface area (Å²) in [6.07, 6.45) is 1.08. The van der Waals surface area contributed by atoms with Gasteiger partial charge < -0.3 is 5.73 Å². The highest BCUT2D eigenvalue weighted by Crippen LogP contribution is 2.29. The molecule has 0 amide bonds. The Hall–Kier alpha value is -1.15. The van der Waals surface area contributed by atoms with E-state index < -0.39 is 0 Å². The first-order valence-electron chi connectivity index (χ1n) is 5.43. The monoisotopic (exact) mass is 202 g/mol. The number of benzene rings is 1. The van der Waals surface area contributed by atoms with Crippen LogP contribution >= 0.6 is 0 Å². The summed E-state index contributed by atoms with van der Waals surface area (Å²) < 4.78 is 0. The van der Waals surface area contributed by atoms with Crippen molar-refractivity contribution in [1.82, 2.24) is 0 Å². The summed E-state index contributed by atoms with van der Waals surface area (Å²) in [5.74, 6) is 0. The van der Waals surface area contributed by atoms with Gasteiger partial charge in [0.05, 0.1) is 0 Å². The van der Waals surface area contributed by atoms with E-state index in [9.17, 15) is 0 Å². The third-order valence-corrected chi connectivity index (χ3v) is 2.87. The summed E-state index contributed by atoms with van der Waals surface area (Å²) in [5.41, 5.74) is 9.57. The zero-order valence-corrected chi connectivity index (χ0v) is 9.46. The van der Waals surface area contributed by atoms with E-state index >= 15 is 0 Å². The first-order valence-corrected chi connectivity index (χ1v) is 5.43. The Morgan fingerprint density at radius 2 is 1.93 bits per heavy atom. The van der Waals surface area contributed by atoms with Crippen LogP contribution in [0.25, 0.3) is 0 Å². The van der Waals surface area contributed by atoms with E-state index in [1.54, 1.807) is 0 Å². The number of nitrogens with zero attached hydrogens (tertiary/aromatic N) is 1. The van der Waals surface area contributed by atoms with Crippen LogP contribution in [0.5, 0.6) is 0 Å². The van der Waals surface area contributed by atoms with Crippen molar-refractivity contribution in [2.75, 3.05) is 6.54 Å². The lowest BCUT2D eigenvalue weighted by Gasteiger charge is -2.14. The van der Waals surface area contributed by atoms with Crippen molar-refractivity contribution in [3.8, 4) is 0 Å². The average Bonchev–Trinajstić information content (AvgIpc) is 2.59. The summed E-state index contributed by atoms with van der Waals surface area (Å²) in [5, 5.41) is 0. The number of hydrogen-bond acceptors (Lipinski definition) is 2. The average molecular weight is 202 g/mol. The minimum absolute atomic E-state index is 0.335. The van der Waals surface area contributed by atoms with Gasteiger partial charge in [0.15, 0.2) is 0 Å². The van der Waals surface area contributed by atoms with Crippen LogP contribution in [0, 0.1) is 5.41 Å². The van der Waals surface area contributed by atoms with Crippen LogP contribution in [0.4, 0.5) is 0 Å². The van der Waals surface area contributed by atoms with E-state index in [2.05, 4.69) is 43.1 Å². The van der Waals surface area contributed by atoms with E-state index in [0.29, 0.717) is 12.0 Å². The summed E-state index contributed by atoms with van der Waals surface area (Å²) in [6.45, 7) is 6.08. The highest BCUT2D eigenvalue weighted by Gasteiger charge is 2.26. The summed E-state index contributed by atoms with van der Waals surface area (Å²) in [7, 11) is 0. The van der Waals surface area contributed by atoms with Gasteiger partial charge in [0.25, 0.3) is 0 Å². The predicted octanol–water partition coefficient (Wildman–Crippen LogP) is 2.36. The minimum Gasteiger partial charge on any atom is -0.326 e. The van der Waals surface area contributed by atoms with Crippen molar-refractivity contribution in [1.29, 1.82) is 0 Å². The molecule has 0 unspecified atom stereocenters. The van der Waals surface area contributed by atoms with E-state index in [-0.39, 0.29) is 0 Å². The van der Waals surface area contributed by atoms with E-state index in [1.165, 1.54) is 16.8 Å². The Morgan fingerprint density at radius 3 is 2.40 bits per heavy atom. The van der Waals surface area contributed by atoms with Gasteiger partial charge in [-0.2, -0.15) is 0 Å². The molecule has 1 aliphatic heterocycles. The van der Waals surface area contributed by atoms with Gasteiger partial charge in [-0.05, 0) is 23.0 Å². The van der Waals surface area contributed by atoms with Crippen LogP contribution in [0.15, 0.2) is 29.3 Å². The van der Waals surface area contributed by atoms with E-state index in [1.807, 2.05) is 0 Å². The molecule has 1 aromatic rings. The van der Waals surface area contributed by atoms with Crippen molar-refractivity contribution in [2.24, 2.45) is 16.1 Å². The highest BCUT2D eigenvalue weighted by molar-refractivity contribution is 6.02. The Labute approximate surface area is 91.2 Å². The Bertz CT molecular complexity index is 374. The van der Waals surface area contributed by atoms with Crippen LogP contribution in [0.2, 0.25) is 0 Å². The molecular weight excluding hydrogens is 184 g/mol. The molecule has 0 spiro atoms. The second kappa shape index (κ2) is 3.78. The van der Waals surface area contributed by atoms with Crippen LogP contribution in [-0.4, -0.2) is 12.3 Å². The molecule has 0 fully saturated rings. The molecule has 0 radical (unpaired) electrons. The van der Waals surface area contributed by atoms with Crippen molar-refractivity contribution in [2.45, 2.75) is 26.8 Å². The molecule has 1 aromatic carbocycles. The molecule has 0 bridgehead atoms. The first kappa shape index (κ1) is 10.4. The molecule has 1 heterocycles. The number of aliphatic imine (C=N–C) groups is 1. The van der Waals surface area contributed by atoms with Gasteiger partial charge >= 0.3 is 0 Å². The maximum absolute atomic E-state index is 5.57. The molecule has 2 N–H and O–H groups in total. The van der Waals surface area contributed by atoms with Gasteiger partial charge in [0.2, 0.25) is 0 Å². The predicted molar refractivity (Wildman–Crippen MR) is 64.1 cm³/mol. The fourth-order valence-corrected chi connectivity index (χ4v) is 1.90. The zero-order valence-electron chi connectivity index (χ0n) is 9.46. The van der Waals surface area contributed by atoms with Crippen molar-refractivity contribution < 1.29 is 0 Å². The van der Waals surface area contributed by atoms with Crippen LogP contribution in [0.3, 0.4) is 0 Å². The number of hydrogen-bond donors (Lipinski definition) is 1. The van der Waals surface area contributed by atoms with Gasteiger partial charge in [0, 0.05) is 18.8 Å². The molecule has 2 nitrogen and oxygen atoms in total. The molecule has 2 rings (SSSR count). The van der Waals surface area contributed by atoms with E-state index in [4.69, 9.17) is 5.73 Å². The molecule has 0 saturated carbocycles. The van der Waals surface area contributed by atoms with E-state index in [0.717, 1.165) is 13.0 Å². The first-order chi connectivity index (χ1) is 7.11. The molecule has 0 saturated heterocycles. The van der Waals surface area contributed by atoms with Crippen molar-refractivity contribution in [3.63, 3.8) is 0 Å². The van der Waals surface area contributed by atoms with Crippen LogP contribution < -0.4 is 5.73 Å². The largest absolute Gasteiger partial charge is 0.326 e. The third-order valence-electron chi connectivity index (χ3n) is 2.87. The van der Waals surface area contributed by atoms with Gasteiger partial charge in [-0.3, -0.25) is 4.99 Å². The van der Waals surface area contributed by atoms with Gasteiger partial charge in [0.1, 0.15) is 0 Å². The second-order valence-corrected chi connectivity index (χ2v) is 5.00. The molecule has 1 aliphatic rings. The molecular formula is C13H18N2. The Kier molecular flexibility index (Phi) is 2.61. The maximum atomic E-state index is 5.57. The molecule has 0 aliphatic carbocycles. The standard InChI is InChI=1S/C13H18N2/c1-13(2)7-12(15-9-13)11-5-3-10(8-14)4-6-11/h3-6H,7-9,14H2,1-2H3. The SMILES string of the molecule is CC1(C)CN=C(c2ccc(CN)cc2)C1. The smallest absolute Gasteiger partial charge is 0.0447 e. The molecule has 0 atom stereocenters. The number of rotatable bonds is 2. The lowest BCUT2D eigenvalue weighted by Crippen LogP contribution is -2.12. The lowest BCUT2D eigenvalue weighted by atomic mass is 9.88. The normalized spacial score (nSPS) is 19.0. The van der Waals surface area contributed by atoms with Gasteiger partial charge in [-0.15, -0.1) is 0 Å². The van der Waals surface area contributed by atoms with Crippen molar-refractivity contribution >= 4 is 5.71 Å². The Balaban J connectivity index is 2.18. The topological polar surface area (TPSA) is 38.4 Å². The maximum Gasteiger partial charge on any atom is 0.0447 e. The molecule has 2 heteroatoms. The van der Waals surface area contributed by atoms with Gasteiger partial charge in [-0.25, -0.2) is 0 Å². The fourth-order valence-electron chi connectivity index (χ4n) is 1.90. The summed E-state index contributed by atoms with van der Waals surface area (Å²) in [6, 6.07) is 8.43. The summed E-state index contributed by atoms with van der Waals surface area (Å²) in [4.78, 5) is 4.60. The highest BCUT2D eigenvalue weighted by atomic mass is 14.8. The molecule has 0 aromatic heterocycles. The lowest BCUT2D eigenvalue weighted by molar-refractivity contribution is 0.423. The summed E-state index contributed by atoms with van der Waals surface area (Å²) >= 11 is 0. The van der Waals surface area contributed by atoms with Crippen LogP contribution in [0.1, 0.15) is 31.4 Å². The molecule has 80 valence electrons. The Morgan fingerprint density at radius 1 is 1.27 bits per heavy atom. The second-order valence-electron chi connectivity index (χ2n) is 5.00. The fraction of sp³-hybridized carbons (Fsp3) is 0.462. The molecule has 15 heavy (non-hydrogen) atoms. The third kappa shape index (κ3) is 2.26. The quantitative estimate of drug-likeness (QED) is 0.785. The van der Waals surface area contributed by atoms with Crippen LogP contribution in [-0.2, 0) is 6.54 Å². The zero-order chi connectivity index (χ0) is 10.9. The number of nitrogens with two attached hydrogens (primary N) is 1.